The van der Waals surface area contributed by atoms with E-state index in [-0.39, 0.29) is 0 Å². The third kappa shape index (κ3) is 0.962. The van der Waals surface area contributed by atoms with E-state index in [2.05, 4.69) is 11.4 Å². The molecule has 0 saturated heterocycles. The van der Waals surface area contributed by atoms with Crippen LogP contribution in [-0.2, 0) is 0 Å². The van der Waals surface area contributed by atoms with Gasteiger partial charge in [0, 0.05) is 11.9 Å². The molecule has 0 unspecified atom stereocenters. The first kappa shape index (κ1) is 6.02. The molecule has 1 radical (unpaired) electrons. The van der Waals surface area contributed by atoms with Gasteiger partial charge >= 0.3 is 0 Å². The van der Waals surface area contributed by atoms with E-state index < -0.39 is 0 Å². The van der Waals surface area contributed by atoms with Gasteiger partial charge in [0.1, 0.15) is 0 Å². The monoisotopic (exact) mass is 134 g/mol. The summed E-state index contributed by atoms with van der Waals surface area (Å²) in [5.41, 5.74) is 2.97. The van der Waals surface area contributed by atoms with Gasteiger partial charge in [0.05, 0.1) is 0 Å². The topological polar surface area (TPSA) is 14.1 Å². The first-order valence-electron chi connectivity index (χ1n) is 4.03. The van der Waals surface area contributed by atoms with Crippen LogP contribution in [0.3, 0.4) is 0 Å². The molecule has 0 N–H and O–H groups in total. The fourth-order valence-electron chi connectivity index (χ4n) is 1.67. The molecular formula is C9H12N. The van der Waals surface area contributed by atoms with Crippen LogP contribution >= 0.6 is 0 Å². The summed E-state index contributed by atoms with van der Waals surface area (Å²) in [6, 6.07) is 0. The van der Waals surface area contributed by atoms with Crippen molar-refractivity contribution in [3.63, 3.8) is 0 Å². The van der Waals surface area contributed by atoms with Gasteiger partial charge in [-0.25, -0.2) is 0 Å². The Morgan fingerprint density at radius 3 is 3.00 bits per heavy atom. The molecule has 1 heterocycles. The number of hydrogen-bond acceptors (Lipinski definition) is 0. The van der Waals surface area contributed by atoms with Crippen molar-refractivity contribution in [1.82, 2.24) is 5.32 Å². The molecule has 0 saturated carbocycles. The van der Waals surface area contributed by atoms with Gasteiger partial charge in [0.2, 0.25) is 0 Å². The molecule has 0 amide bonds. The molecule has 10 heavy (non-hydrogen) atoms. The average Bonchev–Trinajstić information content (AvgIpc) is 2.05. The highest BCUT2D eigenvalue weighted by molar-refractivity contribution is 5.22. The average molecular weight is 134 g/mol. The van der Waals surface area contributed by atoms with Crippen LogP contribution in [-0.4, -0.2) is 0 Å². The van der Waals surface area contributed by atoms with Crippen molar-refractivity contribution in [2.24, 2.45) is 0 Å². The Bertz CT molecular complexity index is 169. The quantitative estimate of drug-likeness (QED) is 0.483. The standard InChI is InChI=1S/C9H12N/c1-2-6-9-8(4-1)5-3-7-10-9/h3,7H,1-2,4-6H2. The highest BCUT2D eigenvalue weighted by atomic mass is 14.9. The molecule has 53 valence electrons. The summed E-state index contributed by atoms with van der Waals surface area (Å²) in [7, 11) is 0. The molecule has 2 aliphatic rings. The van der Waals surface area contributed by atoms with E-state index in [1.54, 1.807) is 5.57 Å². The molecule has 1 aliphatic heterocycles. The molecule has 0 spiro atoms. The second-order valence-corrected chi connectivity index (χ2v) is 2.98. The van der Waals surface area contributed by atoms with E-state index in [9.17, 15) is 0 Å². The van der Waals surface area contributed by atoms with Crippen molar-refractivity contribution in [3.8, 4) is 0 Å². The summed E-state index contributed by atoms with van der Waals surface area (Å²) in [4.78, 5) is 0. The van der Waals surface area contributed by atoms with Crippen LogP contribution in [0.25, 0.3) is 0 Å². The van der Waals surface area contributed by atoms with Crippen LogP contribution in [0.2, 0.25) is 0 Å². The van der Waals surface area contributed by atoms with Crippen LogP contribution in [0.15, 0.2) is 23.5 Å². The summed E-state index contributed by atoms with van der Waals surface area (Å²) in [5.74, 6) is 0. The predicted octanol–water partition coefficient (Wildman–Crippen LogP) is 2.34. The van der Waals surface area contributed by atoms with E-state index in [1.165, 1.54) is 37.8 Å². The minimum atomic E-state index is 1.17. The van der Waals surface area contributed by atoms with Crippen LogP contribution in [0.4, 0.5) is 0 Å². The number of nitrogens with zero attached hydrogens (tertiary/aromatic N) is 1. The van der Waals surface area contributed by atoms with E-state index in [1.807, 2.05) is 6.20 Å². The van der Waals surface area contributed by atoms with Crippen LogP contribution in [0.1, 0.15) is 32.1 Å². The summed E-state index contributed by atoms with van der Waals surface area (Å²) in [6.45, 7) is 0. The number of hydrogen-bond donors (Lipinski definition) is 0. The molecule has 0 aromatic rings. The lowest BCUT2D eigenvalue weighted by Gasteiger charge is -2.20. The zero-order valence-corrected chi connectivity index (χ0v) is 6.14. The second kappa shape index (κ2) is 2.49. The van der Waals surface area contributed by atoms with Gasteiger partial charge in [-0.1, -0.05) is 6.08 Å². The third-order valence-electron chi connectivity index (χ3n) is 2.25. The van der Waals surface area contributed by atoms with E-state index >= 15 is 0 Å². The van der Waals surface area contributed by atoms with Gasteiger partial charge in [-0.3, -0.25) is 5.32 Å². The lowest BCUT2D eigenvalue weighted by atomic mass is 9.93. The zero-order chi connectivity index (χ0) is 6.81. The molecule has 0 bridgehead atoms. The van der Waals surface area contributed by atoms with Crippen LogP contribution in [0.5, 0.6) is 0 Å². The molecule has 0 aromatic carbocycles. The van der Waals surface area contributed by atoms with Gasteiger partial charge < -0.3 is 0 Å². The maximum absolute atomic E-state index is 4.35. The van der Waals surface area contributed by atoms with Crippen molar-refractivity contribution in [1.29, 1.82) is 0 Å². The van der Waals surface area contributed by atoms with Crippen molar-refractivity contribution in [2.75, 3.05) is 0 Å². The van der Waals surface area contributed by atoms with E-state index in [4.69, 9.17) is 0 Å². The normalized spacial score (nSPS) is 24.0. The Kier molecular flexibility index (Phi) is 1.50. The van der Waals surface area contributed by atoms with Gasteiger partial charge in [0.15, 0.2) is 0 Å². The molecule has 0 atom stereocenters. The van der Waals surface area contributed by atoms with Crippen molar-refractivity contribution < 1.29 is 0 Å². The van der Waals surface area contributed by atoms with E-state index in [0.717, 1.165) is 0 Å². The number of allylic oxidation sites excluding steroid dienone is 3. The maximum atomic E-state index is 4.35. The lowest BCUT2D eigenvalue weighted by Crippen LogP contribution is -2.09. The Morgan fingerprint density at radius 1 is 1.20 bits per heavy atom. The molecule has 1 aliphatic carbocycles. The van der Waals surface area contributed by atoms with Gasteiger partial charge in [-0.05, 0) is 37.7 Å². The summed E-state index contributed by atoms with van der Waals surface area (Å²) in [5, 5.41) is 4.35. The molecule has 0 fully saturated rings. The van der Waals surface area contributed by atoms with Crippen molar-refractivity contribution in [3.05, 3.63) is 23.5 Å². The Labute approximate surface area is 61.8 Å². The first-order chi connectivity index (χ1) is 4.97. The van der Waals surface area contributed by atoms with Gasteiger partial charge in [-0.2, -0.15) is 0 Å². The zero-order valence-electron chi connectivity index (χ0n) is 6.14. The summed E-state index contributed by atoms with van der Waals surface area (Å²) >= 11 is 0. The summed E-state index contributed by atoms with van der Waals surface area (Å²) < 4.78 is 0. The SMILES string of the molecule is C1=C[N]C2=C(C1)CCCC2. The number of rotatable bonds is 0. The first-order valence-corrected chi connectivity index (χ1v) is 4.03. The maximum Gasteiger partial charge on any atom is 0.0398 e. The Morgan fingerprint density at radius 2 is 2.10 bits per heavy atom. The van der Waals surface area contributed by atoms with Crippen LogP contribution in [0, 0.1) is 0 Å². The Hall–Kier alpha value is -0.720. The van der Waals surface area contributed by atoms with Gasteiger partial charge in [0.25, 0.3) is 0 Å². The highest BCUT2D eigenvalue weighted by Crippen LogP contribution is 2.28. The van der Waals surface area contributed by atoms with Crippen LogP contribution < -0.4 is 5.32 Å². The fraction of sp³-hybridized carbons (Fsp3) is 0.556. The molecule has 1 heteroatoms. The lowest BCUT2D eigenvalue weighted by molar-refractivity contribution is 0.626. The molecule has 1 nitrogen and oxygen atoms in total. The minimum Gasteiger partial charge on any atom is -0.262 e. The van der Waals surface area contributed by atoms with Gasteiger partial charge in [-0.15, -0.1) is 0 Å². The predicted molar refractivity (Wildman–Crippen MR) is 41.4 cm³/mol. The third-order valence-corrected chi connectivity index (χ3v) is 2.25. The van der Waals surface area contributed by atoms with Crippen molar-refractivity contribution >= 4 is 0 Å². The Balaban J connectivity index is 2.17. The van der Waals surface area contributed by atoms with Crippen molar-refractivity contribution in [2.45, 2.75) is 32.1 Å². The highest BCUT2D eigenvalue weighted by Gasteiger charge is 2.13. The second-order valence-electron chi connectivity index (χ2n) is 2.98. The summed E-state index contributed by atoms with van der Waals surface area (Å²) in [6.07, 6.45) is 10.5. The minimum absolute atomic E-state index is 1.17. The molecule has 0 aromatic heterocycles. The fourth-order valence-corrected chi connectivity index (χ4v) is 1.67. The smallest absolute Gasteiger partial charge is 0.0398 e. The molecular weight excluding hydrogens is 122 g/mol. The molecule has 2 rings (SSSR count). The van der Waals surface area contributed by atoms with E-state index in [0.29, 0.717) is 0 Å². The largest absolute Gasteiger partial charge is 0.262 e.